The molecule has 2 amide bonds. The van der Waals surface area contributed by atoms with Crippen LogP contribution in [-0.2, 0) is 16.0 Å². The fourth-order valence-electron chi connectivity index (χ4n) is 3.72. The molecular weight excluding hydrogens is 527 g/mol. The number of hydrogen-bond acceptors (Lipinski definition) is 8. The van der Waals surface area contributed by atoms with Gasteiger partial charge in [0.1, 0.15) is 4.32 Å². The van der Waals surface area contributed by atoms with Crippen LogP contribution < -0.4 is 14.8 Å². The Balaban J connectivity index is 1.27. The third-order valence-electron chi connectivity index (χ3n) is 5.66. The van der Waals surface area contributed by atoms with Crippen LogP contribution in [0.5, 0.6) is 11.5 Å². The second kappa shape index (κ2) is 12.4. The Morgan fingerprint density at radius 2 is 1.89 bits per heavy atom. The largest absolute Gasteiger partial charge is 0.493 e. The van der Waals surface area contributed by atoms with Gasteiger partial charge in [0, 0.05) is 30.5 Å². The number of benzene rings is 2. The Morgan fingerprint density at radius 3 is 2.62 bits per heavy atom. The van der Waals surface area contributed by atoms with Crippen molar-refractivity contribution >= 4 is 62.7 Å². The molecule has 1 N–H and O–H groups in total. The molecule has 1 aliphatic heterocycles. The minimum absolute atomic E-state index is 0.137. The van der Waals surface area contributed by atoms with Gasteiger partial charge in [-0.2, -0.15) is 0 Å². The zero-order chi connectivity index (χ0) is 26.4. The topological polar surface area (TPSA) is 80.8 Å². The maximum atomic E-state index is 12.9. The fourth-order valence-corrected chi connectivity index (χ4v) is 5.89. The van der Waals surface area contributed by atoms with Gasteiger partial charge >= 0.3 is 0 Å². The number of thioether (sulfide) groups is 1. The molecule has 0 spiro atoms. The number of aromatic nitrogens is 1. The summed E-state index contributed by atoms with van der Waals surface area (Å²) in [4.78, 5) is 32.9. The summed E-state index contributed by atoms with van der Waals surface area (Å²) in [6.45, 7) is 2.43. The van der Waals surface area contributed by atoms with E-state index >= 15 is 0 Å². The van der Waals surface area contributed by atoms with Gasteiger partial charge in [-0.05, 0) is 42.7 Å². The number of ether oxygens (including phenoxy) is 2. The SMILES string of the molecule is COc1ccc(/C=C2/SC(=S)N(CCCC(=O)Nc3ncc(Cc4ccc(C)cc4)s3)C2=O)cc1OC. The molecular formula is C27H27N3O4S3. The minimum Gasteiger partial charge on any atom is -0.493 e. The van der Waals surface area contributed by atoms with Crippen LogP contribution in [0.3, 0.4) is 0 Å². The van der Waals surface area contributed by atoms with E-state index in [9.17, 15) is 9.59 Å². The molecule has 2 heterocycles. The van der Waals surface area contributed by atoms with Crippen molar-refractivity contribution in [3.05, 3.63) is 75.1 Å². The van der Waals surface area contributed by atoms with Crippen molar-refractivity contribution in [3.63, 3.8) is 0 Å². The lowest BCUT2D eigenvalue weighted by molar-refractivity contribution is -0.122. The van der Waals surface area contributed by atoms with Crippen LogP contribution in [0.25, 0.3) is 6.08 Å². The number of anilines is 1. The number of nitrogens with zero attached hydrogens (tertiary/aromatic N) is 2. The number of carbonyl (C=O) groups excluding carboxylic acids is 2. The average molecular weight is 554 g/mol. The zero-order valence-electron chi connectivity index (χ0n) is 20.8. The quantitative estimate of drug-likeness (QED) is 0.256. The van der Waals surface area contributed by atoms with Crippen LogP contribution in [0.1, 0.15) is 34.4 Å². The molecule has 4 rings (SSSR count). The highest BCUT2D eigenvalue weighted by atomic mass is 32.2. The standard InChI is InChI=1S/C27H27N3O4S3/c1-17-6-8-18(9-7-17)13-20-16-28-26(36-20)29-24(31)5-4-12-30-25(32)23(37-27(30)35)15-19-10-11-21(33-2)22(14-19)34-3/h6-11,14-16H,4-5,12-13H2,1-3H3,(H,28,29,31)/b23-15+. The second-order valence-electron chi connectivity index (χ2n) is 8.39. The van der Waals surface area contributed by atoms with Crippen molar-refractivity contribution in [3.8, 4) is 11.5 Å². The van der Waals surface area contributed by atoms with E-state index in [1.807, 2.05) is 6.07 Å². The first kappa shape index (κ1) is 26.8. The molecule has 0 saturated carbocycles. The molecule has 0 atom stereocenters. The molecule has 192 valence electrons. The summed E-state index contributed by atoms with van der Waals surface area (Å²) in [5.41, 5.74) is 3.24. The Morgan fingerprint density at radius 1 is 1.14 bits per heavy atom. The summed E-state index contributed by atoms with van der Waals surface area (Å²) >= 11 is 8.14. The molecule has 1 aliphatic rings. The van der Waals surface area contributed by atoms with E-state index < -0.39 is 0 Å². The fraction of sp³-hybridized carbons (Fsp3) is 0.259. The van der Waals surface area contributed by atoms with E-state index in [2.05, 4.69) is 41.5 Å². The van der Waals surface area contributed by atoms with Gasteiger partial charge in [0.05, 0.1) is 19.1 Å². The average Bonchev–Trinajstić information content (AvgIpc) is 3.43. The number of aryl methyl sites for hydroxylation is 1. The van der Waals surface area contributed by atoms with Crippen LogP contribution >= 0.6 is 35.3 Å². The van der Waals surface area contributed by atoms with E-state index in [0.717, 1.165) is 16.9 Å². The lowest BCUT2D eigenvalue weighted by atomic mass is 10.1. The third kappa shape index (κ3) is 6.97. The Kier molecular flexibility index (Phi) is 8.96. The number of thiazole rings is 1. The Hall–Kier alpha value is -3.21. The van der Waals surface area contributed by atoms with Crippen molar-refractivity contribution in [1.29, 1.82) is 0 Å². The predicted octanol–water partition coefficient (Wildman–Crippen LogP) is 5.68. The minimum atomic E-state index is -0.161. The molecule has 37 heavy (non-hydrogen) atoms. The van der Waals surface area contributed by atoms with E-state index in [1.54, 1.807) is 43.5 Å². The van der Waals surface area contributed by atoms with E-state index in [-0.39, 0.29) is 18.2 Å². The van der Waals surface area contributed by atoms with Gasteiger partial charge < -0.3 is 14.8 Å². The number of hydrogen-bond donors (Lipinski definition) is 1. The number of methoxy groups -OCH3 is 2. The highest BCUT2D eigenvalue weighted by Gasteiger charge is 2.31. The Bertz CT molecular complexity index is 1330. The van der Waals surface area contributed by atoms with Crippen LogP contribution in [-0.4, -0.2) is 46.8 Å². The monoisotopic (exact) mass is 553 g/mol. The molecule has 0 bridgehead atoms. The van der Waals surface area contributed by atoms with Gasteiger partial charge in [0.15, 0.2) is 16.6 Å². The first-order valence-electron chi connectivity index (χ1n) is 11.6. The highest BCUT2D eigenvalue weighted by molar-refractivity contribution is 8.26. The summed E-state index contributed by atoms with van der Waals surface area (Å²) in [7, 11) is 3.14. The molecule has 0 aliphatic carbocycles. The predicted molar refractivity (Wildman–Crippen MR) is 153 cm³/mol. The number of thiocarbonyl (C=S) groups is 1. The van der Waals surface area contributed by atoms with E-state index in [4.69, 9.17) is 21.7 Å². The number of carbonyl (C=O) groups is 2. The maximum absolute atomic E-state index is 12.9. The van der Waals surface area contributed by atoms with Crippen LogP contribution in [0.2, 0.25) is 0 Å². The van der Waals surface area contributed by atoms with Gasteiger partial charge in [-0.25, -0.2) is 4.98 Å². The normalized spacial score (nSPS) is 14.4. The van der Waals surface area contributed by atoms with Crippen LogP contribution in [0.15, 0.2) is 53.6 Å². The molecule has 0 radical (unpaired) electrons. The van der Waals surface area contributed by atoms with Gasteiger partial charge in [-0.3, -0.25) is 14.5 Å². The molecule has 2 aromatic carbocycles. The Labute approximate surface area is 229 Å². The van der Waals surface area contributed by atoms with Crippen LogP contribution in [0.4, 0.5) is 5.13 Å². The number of nitrogens with one attached hydrogen (secondary N) is 1. The number of amides is 2. The van der Waals surface area contributed by atoms with Gasteiger partial charge in [0.25, 0.3) is 5.91 Å². The van der Waals surface area contributed by atoms with Crippen molar-refractivity contribution in [2.45, 2.75) is 26.2 Å². The highest BCUT2D eigenvalue weighted by Crippen LogP contribution is 2.35. The van der Waals surface area contributed by atoms with Crippen LogP contribution in [0, 0.1) is 6.92 Å². The zero-order valence-corrected chi connectivity index (χ0v) is 23.2. The summed E-state index contributed by atoms with van der Waals surface area (Å²) < 4.78 is 11.1. The molecule has 1 aromatic heterocycles. The molecule has 10 heteroatoms. The molecule has 7 nitrogen and oxygen atoms in total. The van der Waals surface area contributed by atoms with Crippen molar-refractivity contribution in [1.82, 2.24) is 9.88 Å². The summed E-state index contributed by atoms with van der Waals surface area (Å²) in [5, 5.41) is 3.44. The maximum Gasteiger partial charge on any atom is 0.266 e. The van der Waals surface area contributed by atoms with Gasteiger partial charge in [-0.1, -0.05) is 59.9 Å². The van der Waals surface area contributed by atoms with E-state index in [0.29, 0.717) is 38.8 Å². The smallest absolute Gasteiger partial charge is 0.266 e. The number of rotatable bonds is 10. The van der Waals surface area contributed by atoms with Gasteiger partial charge in [0.2, 0.25) is 5.91 Å². The van der Waals surface area contributed by atoms with E-state index in [1.165, 1.54) is 34.2 Å². The van der Waals surface area contributed by atoms with Crippen molar-refractivity contribution < 1.29 is 19.1 Å². The van der Waals surface area contributed by atoms with Crippen molar-refractivity contribution in [2.24, 2.45) is 0 Å². The lowest BCUT2D eigenvalue weighted by Crippen LogP contribution is -2.29. The molecule has 1 saturated heterocycles. The third-order valence-corrected chi connectivity index (χ3v) is 7.95. The molecule has 1 fully saturated rings. The molecule has 0 unspecified atom stereocenters. The van der Waals surface area contributed by atoms with Crippen molar-refractivity contribution in [2.75, 3.05) is 26.1 Å². The van der Waals surface area contributed by atoms with Gasteiger partial charge in [-0.15, -0.1) is 11.3 Å². The second-order valence-corrected chi connectivity index (χ2v) is 11.2. The first-order valence-corrected chi connectivity index (χ1v) is 13.7. The molecule has 3 aromatic rings. The summed E-state index contributed by atoms with van der Waals surface area (Å²) in [6.07, 6.45) is 5.11. The first-order chi connectivity index (χ1) is 17.9. The lowest BCUT2D eigenvalue weighted by Gasteiger charge is -2.13. The summed E-state index contributed by atoms with van der Waals surface area (Å²) in [6, 6.07) is 13.8. The summed E-state index contributed by atoms with van der Waals surface area (Å²) in [5.74, 6) is 0.902.